The van der Waals surface area contributed by atoms with E-state index in [1.54, 1.807) is 0 Å². The summed E-state index contributed by atoms with van der Waals surface area (Å²) in [5.41, 5.74) is 3.74. The molecule has 0 aliphatic carbocycles. The van der Waals surface area contributed by atoms with Gasteiger partial charge in [0.15, 0.2) is 0 Å². The zero-order valence-electron chi connectivity index (χ0n) is 15.9. The highest BCUT2D eigenvalue weighted by atomic mass is 16.5. The lowest BCUT2D eigenvalue weighted by atomic mass is 10.2. The van der Waals surface area contributed by atoms with Crippen molar-refractivity contribution in [2.24, 2.45) is 0 Å². The Labute approximate surface area is 153 Å². The van der Waals surface area contributed by atoms with E-state index in [2.05, 4.69) is 73.5 Å². The highest BCUT2D eigenvalue weighted by Crippen LogP contribution is 2.15. The molecular weight excluding hydrogens is 308 g/mol. The van der Waals surface area contributed by atoms with E-state index in [4.69, 9.17) is 4.74 Å². The Morgan fingerprint density at radius 3 is 2.44 bits per heavy atom. The van der Waals surface area contributed by atoms with Crippen molar-refractivity contribution in [3.8, 4) is 5.75 Å². The summed E-state index contributed by atoms with van der Waals surface area (Å²) in [6.45, 7) is 12.5. The molecule has 25 heavy (non-hydrogen) atoms. The third-order valence-electron chi connectivity index (χ3n) is 4.48. The molecule has 0 radical (unpaired) electrons. The third kappa shape index (κ3) is 7.29. The van der Waals surface area contributed by atoms with Crippen LogP contribution in [0.25, 0.3) is 0 Å². The van der Waals surface area contributed by atoms with Gasteiger partial charge >= 0.3 is 0 Å². The molecule has 0 bridgehead atoms. The van der Waals surface area contributed by atoms with E-state index in [0.717, 1.165) is 31.9 Å². The first-order chi connectivity index (χ1) is 12.2. The number of ether oxygens (including phenoxy) is 1. The molecule has 0 heterocycles. The summed E-state index contributed by atoms with van der Waals surface area (Å²) >= 11 is 0. The number of aryl methyl sites for hydroxylation is 1. The van der Waals surface area contributed by atoms with Crippen molar-refractivity contribution in [2.75, 3.05) is 26.2 Å². The summed E-state index contributed by atoms with van der Waals surface area (Å²) in [6.07, 6.45) is 1.19. The Kier molecular flexibility index (Phi) is 8.50. The minimum Gasteiger partial charge on any atom is -0.489 e. The summed E-state index contributed by atoms with van der Waals surface area (Å²) in [7, 11) is 0. The third-order valence-corrected chi connectivity index (χ3v) is 4.48. The van der Waals surface area contributed by atoms with E-state index >= 15 is 0 Å². The fourth-order valence-electron chi connectivity index (χ4n) is 2.80. The van der Waals surface area contributed by atoms with Crippen LogP contribution in [0.4, 0.5) is 0 Å². The van der Waals surface area contributed by atoms with Gasteiger partial charge in [-0.05, 0) is 62.8 Å². The Morgan fingerprint density at radius 1 is 0.960 bits per heavy atom. The van der Waals surface area contributed by atoms with Gasteiger partial charge < -0.3 is 15.0 Å². The molecule has 0 saturated carbocycles. The topological polar surface area (TPSA) is 24.5 Å². The molecule has 136 valence electrons. The van der Waals surface area contributed by atoms with Gasteiger partial charge in [0, 0.05) is 6.54 Å². The van der Waals surface area contributed by atoms with Crippen molar-refractivity contribution in [1.29, 1.82) is 0 Å². The predicted molar refractivity (Wildman–Crippen MR) is 106 cm³/mol. The van der Waals surface area contributed by atoms with Crippen LogP contribution in [0.5, 0.6) is 5.75 Å². The highest BCUT2D eigenvalue weighted by Gasteiger charge is 2.00. The maximum Gasteiger partial charge on any atom is 0.120 e. The molecule has 0 aromatic heterocycles. The Balaban J connectivity index is 1.72. The van der Waals surface area contributed by atoms with E-state index in [1.165, 1.54) is 29.7 Å². The SMILES string of the molecule is CCN(CC)CCCNCc1cccc(OCc2ccc(C)cc2)c1. The monoisotopic (exact) mass is 340 g/mol. The maximum atomic E-state index is 5.93. The van der Waals surface area contributed by atoms with Gasteiger partial charge in [0.1, 0.15) is 12.4 Å². The lowest BCUT2D eigenvalue weighted by molar-refractivity contribution is 0.297. The summed E-state index contributed by atoms with van der Waals surface area (Å²) in [5, 5.41) is 3.53. The molecule has 2 aromatic rings. The number of nitrogens with one attached hydrogen (secondary N) is 1. The quantitative estimate of drug-likeness (QED) is 0.614. The normalized spacial score (nSPS) is 11.0. The van der Waals surface area contributed by atoms with Crippen molar-refractivity contribution >= 4 is 0 Å². The van der Waals surface area contributed by atoms with Crippen LogP contribution in [0, 0.1) is 6.92 Å². The fourth-order valence-corrected chi connectivity index (χ4v) is 2.80. The van der Waals surface area contributed by atoms with Crippen molar-refractivity contribution < 1.29 is 4.74 Å². The molecule has 0 spiro atoms. The second kappa shape index (κ2) is 10.9. The Hall–Kier alpha value is -1.84. The van der Waals surface area contributed by atoms with Crippen molar-refractivity contribution in [2.45, 2.75) is 40.3 Å². The molecule has 0 aliphatic rings. The fraction of sp³-hybridized carbons (Fsp3) is 0.455. The van der Waals surface area contributed by atoms with Gasteiger partial charge in [-0.15, -0.1) is 0 Å². The number of rotatable bonds is 11. The van der Waals surface area contributed by atoms with Gasteiger partial charge in [-0.3, -0.25) is 0 Å². The minimum absolute atomic E-state index is 0.612. The first kappa shape index (κ1) is 19.5. The Bertz CT molecular complexity index is 606. The van der Waals surface area contributed by atoms with Crippen LogP contribution in [0.15, 0.2) is 48.5 Å². The van der Waals surface area contributed by atoms with Crippen LogP contribution in [-0.4, -0.2) is 31.1 Å². The standard InChI is InChI=1S/C22H32N2O/c1-4-24(5-2)15-7-14-23-17-21-8-6-9-22(16-21)25-18-20-12-10-19(3)11-13-20/h6,8-13,16,23H,4-5,7,14-15,17-18H2,1-3H3. The molecule has 1 N–H and O–H groups in total. The smallest absolute Gasteiger partial charge is 0.120 e. The lowest BCUT2D eigenvalue weighted by Crippen LogP contribution is -2.27. The van der Waals surface area contributed by atoms with E-state index in [0.29, 0.717) is 6.61 Å². The summed E-state index contributed by atoms with van der Waals surface area (Å²) in [4.78, 5) is 2.46. The largest absolute Gasteiger partial charge is 0.489 e. The van der Waals surface area contributed by atoms with Crippen LogP contribution < -0.4 is 10.1 Å². The van der Waals surface area contributed by atoms with E-state index in [1.807, 2.05) is 6.07 Å². The molecule has 0 aliphatic heterocycles. The van der Waals surface area contributed by atoms with Crippen LogP contribution >= 0.6 is 0 Å². The molecular formula is C22H32N2O. The molecule has 0 fully saturated rings. The molecule has 2 aromatic carbocycles. The van der Waals surface area contributed by atoms with Crippen molar-refractivity contribution in [3.63, 3.8) is 0 Å². The van der Waals surface area contributed by atoms with Crippen LogP contribution in [-0.2, 0) is 13.2 Å². The number of hydrogen-bond acceptors (Lipinski definition) is 3. The molecule has 2 rings (SSSR count). The first-order valence-corrected chi connectivity index (χ1v) is 9.41. The van der Waals surface area contributed by atoms with Gasteiger partial charge in [0.05, 0.1) is 0 Å². The van der Waals surface area contributed by atoms with E-state index in [9.17, 15) is 0 Å². The zero-order chi connectivity index (χ0) is 17.9. The van der Waals surface area contributed by atoms with Gasteiger partial charge in [-0.2, -0.15) is 0 Å². The van der Waals surface area contributed by atoms with Gasteiger partial charge in [0.25, 0.3) is 0 Å². The van der Waals surface area contributed by atoms with Gasteiger partial charge in [-0.1, -0.05) is 55.8 Å². The summed E-state index contributed by atoms with van der Waals surface area (Å²) < 4.78 is 5.93. The van der Waals surface area contributed by atoms with Crippen LogP contribution in [0.1, 0.15) is 37.0 Å². The predicted octanol–water partition coefficient (Wildman–Crippen LogP) is 4.40. The molecule has 0 unspecified atom stereocenters. The maximum absolute atomic E-state index is 5.93. The second-order valence-electron chi connectivity index (χ2n) is 6.48. The van der Waals surface area contributed by atoms with Gasteiger partial charge in [0.2, 0.25) is 0 Å². The zero-order valence-corrected chi connectivity index (χ0v) is 15.9. The summed E-state index contributed by atoms with van der Waals surface area (Å²) in [5.74, 6) is 0.933. The van der Waals surface area contributed by atoms with E-state index in [-0.39, 0.29) is 0 Å². The van der Waals surface area contributed by atoms with Crippen LogP contribution in [0.3, 0.4) is 0 Å². The molecule has 0 amide bonds. The molecule has 3 heteroatoms. The summed E-state index contributed by atoms with van der Waals surface area (Å²) in [6, 6.07) is 16.9. The van der Waals surface area contributed by atoms with E-state index < -0.39 is 0 Å². The first-order valence-electron chi connectivity index (χ1n) is 9.41. The average Bonchev–Trinajstić information content (AvgIpc) is 2.65. The lowest BCUT2D eigenvalue weighted by Gasteiger charge is -2.17. The van der Waals surface area contributed by atoms with Crippen LogP contribution in [0.2, 0.25) is 0 Å². The number of hydrogen-bond donors (Lipinski definition) is 1. The van der Waals surface area contributed by atoms with Crippen molar-refractivity contribution in [3.05, 3.63) is 65.2 Å². The second-order valence-corrected chi connectivity index (χ2v) is 6.48. The highest BCUT2D eigenvalue weighted by molar-refractivity contribution is 5.29. The molecule has 0 saturated heterocycles. The molecule has 0 atom stereocenters. The van der Waals surface area contributed by atoms with Gasteiger partial charge in [-0.25, -0.2) is 0 Å². The Morgan fingerprint density at radius 2 is 1.72 bits per heavy atom. The number of benzene rings is 2. The minimum atomic E-state index is 0.612. The van der Waals surface area contributed by atoms with Crippen molar-refractivity contribution in [1.82, 2.24) is 10.2 Å². The average molecular weight is 341 g/mol. The molecule has 3 nitrogen and oxygen atoms in total. The number of nitrogens with zero attached hydrogens (tertiary/aromatic N) is 1.